The van der Waals surface area contributed by atoms with Gasteiger partial charge < -0.3 is 19.5 Å². The third-order valence-corrected chi connectivity index (χ3v) is 4.62. The van der Waals surface area contributed by atoms with Crippen molar-refractivity contribution in [1.29, 1.82) is 0 Å². The summed E-state index contributed by atoms with van der Waals surface area (Å²) in [7, 11) is 1.56. The van der Waals surface area contributed by atoms with Crippen molar-refractivity contribution in [2.24, 2.45) is 0 Å². The summed E-state index contributed by atoms with van der Waals surface area (Å²) in [5.74, 6) is 0.639. The normalized spacial score (nSPS) is 16.7. The van der Waals surface area contributed by atoms with Crippen LogP contribution >= 0.6 is 11.6 Å². The molecule has 0 radical (unpaired) electrons. The molecule has 0 saturated carbocycles. The zero-order valence-corrected chi connectivity index (χ0v) is 15.5. The zero-order valence-electron chi connectivity index (χ0n) is 14.8. The number of methoxy groups -OCH3 is 1. The molecule has 1 fully saturated rings. The van der Waals surface area contributed by atoms with E-state index in [4.69, 9.17) is 25.8 Å². The first-order chi connectivity index (χ1) is 12.7. The summed E-state index contributed by atoms with van der Waals surface area (Å²) in [6, 6.07) is 10.2. The van der Waals surface area contributed by atoms with Gasteiger partial charge in [-0.3, -0.25) is 0 Å². The molecular weight excluding hydrogens is 357 g/mol. The molecule has 2 aromatic carbocycles. The van der Waals surface area contributed by atoms with Crippen LogP contribution in [0.3, 0.4) is 0 Å². The third-order valence-electron chi connectivity index (χ3n) is 4.34. The van der Waals surface area contributed by atoms with E-state index in [1.165, 1.54) is 6.07 Å². The van der Waals surface area contributed by atoms with Gasteiger partial charge in [0, 0.05) is 25.3 Å². The Balaban J connectivity index is 1.63. The summed E-state index contributed by atoms with van der Waals surface area (Å²) in [5.41, 5.74) is 1.45. The standard InChI is InChI=1S/C20H23ClFNO3/c1-24-19-10-14(11-23-12-16-6-4-8-25-16)9-17(21)20(19)26-13-15-5-2-3-7-18(15)22/h2-3,5,7,9-10,16,23H,4,6,8,11-13H2,1H3. The molecule has 0 bridgehead atoms. The van der Waals surface area contributed by atoms with Gasteiger partial charge >= 0.3 is 0 Å². The van der Waals surface area contributed by atoms with Crippen LogP contribution in [0.15, 0.2) is 36.4 Å². The maximum absolute atomic E-state index is 13.7. The van der Waals surface area contributed by atoms with Crippen molar-refractivity contribution in [1.82, 2.24) is 5.32 Å². The molecule has 0 amide bonds. The van der Waals surface area contributed by atoms with E-state index in [1.807, 2.05) is 12.1 Å². The average Bonchev–Trinajstić information content (AvgIpc) is 3.15. The van der Waals surface area contributed by atoms with Gasteiger partial charge in [0.15, 0.2) is 11.5 Å². The molecule has 2 aromatic rings. The number of halogens is 2. The van der Waals surface area contributed by atoms with Gasteiger partial charge in [0.05, 0.1) is 18.2 Å². The highest BCUT2D eigenvalue weighted by atomic mass is 35.5. The predicted octanol–water partition coefficient (Wildman–Crippen LogP) is 4.34. The van der Waals surface area contributed by atoms with E-state index in [2.05, 4.69) is 5.32 Å². The molecule has 1 heterocycles. The van der Waals surface area contributed by atoms with Gasteiger partial charge in [0.25, 0.3) is 0 Å². The highest BCUT2D eigenvalue weighted by Crippen LogP contribution is 2.37. The van der Waals surface area contributed by atoms with Crippen LogP contribution in [0.25, 0.3) is 0 Å². The van der Waals surface area contributed by atoms with Crippen LogP contribution < -0.4 is 14.8 Å². The summed E-state index contributed by atoms with van der Waals surface area (Å²) in [4.78, 5) is 0. The van der Waals surface area contributed by atoms with Crippen molar-refractivity contribution < 1.29 is 18.6 Å². The number of hydrogen-bond acceptors (Lipinski definition) is 4. The number of hydrogen-bond donors (Lipinski definition) is 1. The van der Waals surface area contributed by atoms with Crippen LogP contribution in [0.5, 0.6) is 11.5 Å². The molecule has 0 spiro atoms. The molecule has 0 aromatic heterocycles. The molecule has 1 saturated heterocycles. The van der Waals surface area contributed by atoms with Gasteiger partial charge in [0.2, 0.25) is 0 Å². The number of nitrogens with one attached hydrogen (secondary N) is 1. The van der Waals surface area contributed by atoms with E-state index < -0.39 is 0 Å². The fourth-order valence-corrected chi connectivity index (χ4v) is 3.25. The van der Waals surface area contributed by atoms with Gasteiger partial charge in [-0.25, -0.2) is 4.39 Å². The Morgan fingerprint density at radius 2 is 2.15 bits per heavy atom. The second kappa shape index (κ2) is 9.21. The van der Waals surface area contributed by atoms with Crippen LogP contribution in [0.2, 0.25) is 5.02 Å². The van der Waals surface area contributed by atoms with Gasteiger partial charge in [-0.2, -0.15) is 0 Å². The molecule has 1 aliphatic rings. The minimum atomic E-state index is -0.308. The van der Waals surface area contributed by atoms with Crippen molar-refractivity contribution >= 4 is 11.6 Å². The monoisotopic (exact) mass is 379 g/mol. The van der Waals surface area contributed by atoms with Crippen LogP contribution in [0.1, 0.15) is 24.0 Å². The van der Waals surface area contributed by atoms with E-state index in [1.54, 1.807) is 25.3 Å². The van der Waals surface area contributed by atoms with Crippen molar-refractivity contribution in [3.05, 3.63) is 58.4 Å². The quantitative estimate of drug-likeness (QED) is 0.740. The Labute approximate surface area is 158 Å². The summed E-state index contributed by atoms with van der Waals surface area (Å²) in [5, 5.41) is 3.82. The number of rotatable bonds is 8. The number of ether oxygens (including phenoxy) is 3. The molecule has 1 aliphatic heterocycles. The lowest BCUT2D eigenvalue weighted by atomic mass is 10.2. The van der Waals surface area contributed by atoms with Gasteiger partial charge in [-0.1, -0.05) is 29.8 Å². The Hall–Kier alpha value is -1.82. The molecule has 140 valence electrons. The lowest BCUT2D eigenvalue weighted by Gasteiger charge is -2.15. The SMILES string of the molecule is COc1cc(CNCC2CCCO2)cc(Cl)c1OCc1ccccc1F. The highest BCUT2D eigenvalue weighted by Gasteiger charge is 2.16. The highest BCUT2D eigenvalue weighted by molar-refractivity contribution is 6.32. The second-order valence-corrected chi connectivity index (χ2v) is 6.66. The molecule has 1 N–H and O–H groups in total. The summed E-state index contributed by atoms with van der Waals surface area (Å²) >= 11 is 6.37. The topological polar surface area (TPSA) is 39.7 Å². The Bertz CT molecular complexity index is 735. The minimum absolute atomic E-state index is 0.0827. The zero-order chi connectivity index (χ0) is 18.4. The summed E-state index contributed by atoms with van der Waals surface area (Å²) < 4.78 is 30.5. The van der Waals surface area contributed by atoms with E-state index in [0.717, 1.165) is 31.6 Å². The fourth-order valence-electron chi connectivity index (χ4n) is 2.96. The molecule has 26 heavy (non-hydrogen) atoms. The van der Waals surface area contributed by atoms with Crippen molar-refractivity contribution in [2.75, 3.05) is 20.3 Å². The Kier molecular flexibility index (Phi) is 6.72. The van der Waals surface area contributed by atoms with E-state index in [0.29, 0.717) is 28.6 Å². The maximum Gasteiger partial charge on any atom is 0.180 e. The molecule has 0 aliphatic carbocycles. The molecular formula is C20H23ClFNO3. The molecule has 3 rings (SSSR count). The predicted molar refractivity (Wildman–Crippen MR) is 99.4 cm³/mol. The summed E-state index contributed by atoms with van der Waals surface area (Å²) in [6.45, 7) is 2.40. The van der Waals surface area contributed by atoms with E-state index in [-0.39, 0.29) is 18.5 Å². The van der Waals surface area contributed by atoms with Crippen molar-refractivity contribution in [2.45, 2.75) is 32.1 Å². The van der Waals surface area contributed by atoms with Gasteiger partial charge in [0.1, 0.15) is 12.4 Å². The first-order valence-corrected chi connectivity index (χ1v) is 9.10. The lowest BCUT2D eigenvalue weighted by molar-refractivity contribution is 0.110. The van der Waals surface area contributed by atoms with Crippen LogP contribution in [0.4, 0.5) is 4.39 Å². The van der Waals surface area contributed by atoms with Gasteiger partial charge in [-0.05, 0) is 36.6 Å². The second-order valence-electron chi connectivity index (χ2n) is 6.26. The molecule has 1 atom stereocenters. The average molecular weight is 380 g/mol. The lowest BCUT2D eigenvalue weighted by Crippen LogP contribution is -2.25. The Morgan fingerprint density at radius 1 is 1.31 bits per heavy atom. The first kappa shape index (κ1) is 19.0. The van der Waals surface area contributed by atoms with E-state index in [9.17, 15) is 4.39 Å². The molecule has 6 heteroatoms. The van der Waals surface area contributed by atoms with Crippen molar-refractivity contribution in [3.8, 4) is 11.5 Å². The minimum Gasteiger partial charge on any atom is -0.493 e. The Morgan fingerprint density at radius 3 is 2.88 bits per heavy atom. The fraction of sp³-hybridized carbons (Fsp3) is 0.400. The largest absolute Gasteiger partial charge is 0.493 e. The third kappa shape index (κ3) is 4.87. The summed E-state index contributed by atoms with van der Waals surface area (Å²) in [6.07, 6.45) is 2.51. The molecule has 1 unspecified atom stereocenters. The molecule has 4 nitrogen and oxygen atoms in total. The van der Waals surface area contributed by atoms with Crippen LogP contribution in [-0.4, -0.2) is 26.4 Å². The van der Waals surface area contributed by atoms with Gasteiger partial charge in [-0.15, -0.1) is 0 Å². The number of benzene rings is 2. The smallest absolute Gasteiger partial charge is 0.180 e. The van der Waals surface area contributed by atoms with E-state index >= 15 is 0 Å². The first-order valence-electron chi connectivity index (χ1n) is 8.72. The van der Waals surface area contributed by atoms with Crippen LogP contribution in [-0.2, 0) is 17.9 Å². The van der Waals surface area contributed by atoms with Crippen LogP contribution in [0, 0.1) is 5.82 Å². The maximum atomic E-state index is 13.7. The van der Waals surface area contributed by atoms with Crippen molar-refractivity contribution in [3.63, 3.8) is 0 Å².